The molecule has 1 aliphatic rings. The van der Waals surface area contributed by atoms with Crippen molar-refractivity contribution in [1.82, 2.24) is 9.88 Å². The minimum atomic E-state index is 0.462. The van der Waals surface area contributed by atoms with Crippen molar-refractivity contribution < 1.29 is 9.47 Å². The molecule has 0 radical (unpaired) electrons. The molecule has 16 heavy (non-hydrogen) atoms. The predicted molar refractivity (Wildman–Crippen MR) is 62.0 cm³/mol. The minimum absolute atomic E-state index is 0.462. The number of hydrogen-bond acceptors (Lipinski definition) is 4. The zero-order valence-corrected chi connectivity index (χ0v) is 9.82. The summed E-state index contributed by atoms with van der Waals surface area (Å²) in [6.07, 6.45) is 1.65. The second-order valence-electron chi connectivity index (χ2n) is 3.62. The predicted octanol–water partition coefficient (Wildman–Crippen LogP) is 1.45. The van der Waals surface area contributed by atoms with Crippen molar-refractivity contribution in [3.8, 4) is 5.75 Å². The molecule has 1 fully saturated rings. The lowest BCUT2D eigenvalue weighted by molar-refractivity contribution is 0.0322. The smallest absolute Gasteiger partial charge is 0.132 e. The molecule has 0 unspecified atom stereocenters. The van der Waals surface area contributed by atoms with Gasteiger partial charge in [-0.05, 0) is 6.07 Å². The lowest BCUT2D eigenvalue weighted by Gasteiger charge is -2.26. The Morgan fingerprint density at radius 2 is 2.25 bits per heavy atom. The Labute approximate surface area is 100 Å². The van der Waals surface area contributed by atoms with E-state index in [0.29, 0.717) is 11.8 Å². The molecule has 0 amide bonds. The van der Waals surface area contributed by atoms with E-state index in [4.69, 9.17) is 21.1 Å². The van der Waals surface area contributed by atoms with Crippen LogP contribution in [0, 0.1) is 0 Å². The van der Waals surface area contributed by atoms with E-state index in [-0.39, 0.29) is 0 Å². The number of nitrogens with zero attached hydrogens (tertiary/aromatic N) is 2. The minimum Gasteiger partial charge on any atom is -0.492 e. The van der Waals surface area contributed by atoms with E-state index >= 15 is 0 Å². The third kappa shape index (κ3) is 3.63. The molecule has 4 nitrogen and oxygen atoms in total. The highest BCUT2D eigenvalue weighted by Crippen LogP contribution is 2.14. The third-order valence-corrected chi connectivity index (χ3v) is 2.68. The van der Waals surface area contributed by atoms with Gasteiger partial charge in [0.15, 0.2) is 0 Å². The monoisotopic (exact) mass is 242 g/mol. The third-order valence-electron chi connectivity index (χ3n) is 2.48. The number of ether oxygens (including phenoxy) is 2. The van der Waals surface area contributed by atoms with E-state index in [1.54, 1.807) is 12.3 Å². The second-order valence-corrected chi connectivity index (χ2v) is 4.00. The van der Waals surface area contributed by atoms with E-state index in [2.05, 4.69) is 9.88 Å². The largest absolute Gasteiger partial charge is 0.492 e. The van der Waals surface area contributed by atoms with Crippen LogP contribution >= 0.6 is 11.6 Å². The molecule has 5 heteroatoms. The van der Waals surface area contributed by atoms with Gasteiger partial charge in [-0.1, -0.05) is 11.6 Å². The molecule has 0 saturated carbocycles. The molecule has 0 N–H and O–H groups in total. The van der Waals surface area contributed by atoms with Gasteiger partial charge in [-0.25, -0.2) is 4.98 Å². The van der Waals surface area contributed by atoms with Gasteiger partial charge in [0.2, 0.25) is 0 Å². The first-order valence-corrected chi connectivity index (χ1v) is 5.77. The van der Waals surface area contributed by atoms with Gasteiger partial charge in [0, 0.05) is 31.9 Å². The quantitative estimate of drug-likeness (QED) is 0.749. The van der Waals surface area contributed by atoms with Crippen LogP contribution in [0.4, 0.5) is 0 Å². The lowest BCUT2D eigenvalue weighted by Crippen LogP contribution is -2.38. The van der Waals surface area contributed by atoms with Crippen molar-refractivity contribution >= 4 is 11.6 Å². The Morgan fingerprint density at radius 3 is 3.00 bits per heavy atom. The van der Waals surface area contributed by atoms with Crippen LogP contribution in [0.5, 0.6) is 5.75 Å². The molecule has 1 saturated heterocycles. The molecule has 0 aromatic carbocycles. The fraction of sp³-hybridized carbons (Fsp3) is 0.545. The van der Waals surface area contributed by atoms with E-state index in [1.807, 2.05) is 6.07 Å². The molecule has 2 heterocycles. The van der Waals surface area contributed by atoms with E-state index in [9.17, 15) is 0 Å². The van der Waals surface area contributed by atoms with Crippen LogP contribution in [0.2, 0.25) is 5.15 Å². The Kier molecular flexibility index (Phi) is 4.39. The topological polar surface area (TPSA) is 34.6 Å². The number of hydrogen-bond donors (Lipinski definition) is 0. The van der Waals surface area contributed by atoms with Crippen LogP contribution in [0.25, 0.3) is 0 Å². The van der Waals surface area contributed by atoms with Crippen LogP contribution in [0.1, 0.15) is 0 Å². The van der Waals surface area contributed by atoms with Gasteiger partial charge in [-0.15, -0.1) is 0 Å². The van der Waals surface area contributed by atoms with Gasteiger partial charge in [-0.2, -0.15) is 0 Å². The van der Waals surface area contributed by atoms with Crippen molar-refractivity contribution in [3.05, 3.63) is 23.5 Å². The summed E-state index contributed by atoms with van der Waals surface area (Å²) in [5.74, 6) is 0.772. The normalized spacial score (nSPS) is 17.3. The fourth-order valence-corrected chi connectivity index (χ4v) is 1.76. The molecule has 1 aromatic heterocycles. The molecular weight excluding hydrogens is 228 g/mol. The van der Waals surface area contributed by atoms with Crippen molar-refractivity contribution in [1.29, 1.82) is 0 Å². The van der Waals surface area contributed by atoms with Crippen LogP contribution in [-0.4, -0.2) is 49.3 Å². The van der Waals surface area contributed by atoms with Gasteiger partial charge < -0.3 is 9.47 Å². The average Bonchev–Trinajstić information content (AvgIpc) is 2.30. The van der Waals surface area contributed by atoms with Crippen molar-refractivity contribution in [2.75, 3.05) is 39.5 Å². The summed E-state index contributed by atoms with van der Waals surface area (Å²) in [7, 11) is 0. The first-order chi connectivity index (χ1) is 7.84. The summed E-state index contributed by atoms with van der Waals surface area (Å²) in [4.78, 5) is 6.22. The van der Waals surface area contributed by atoms with Crippen LogP contribution in [0.3, 0.4) is 0 Å². The molecular formula is C11H15ClN2O2. The van der Waals surface area contributed by atoms with Crippen LogP contribution in [0.15, 0.2) is 18.3 Å². The number of pyridine rings is 1. The Bertz CT molecular complexity index is 330. The molecule has 0 atom stereocenters. The summed E-state index contributed by atoms with van der Waals surface area (Å²) in [6, 6.07) is 3.53. The molecule has 0 bridgehead atoms. The molecule has 1 aromatic rings. The standard InChI is InChI=1S/C11H15ClN2O2/c12-11-9-10(1-2-13-11)16-8-5-14-3-6-15-7-4-14/h1-2,9H,3-8H2. The highest BCUT2D eigenvalue weighted by molar-refractivity contribution is 6.29. The van der Waals surface area contributed by atoms with Crippen molar-refractivity contribution in [2.24, 2.45) is 0 Å². The number of rotatable bonds is 4. The molecule has 2 rings (SSSR count). The van der Waals surface area contributed by atoms with Gasteiger partial charge in [-0.3, -0.25) is 4.90 Å². The van der Waals surface area contributed by atoms with Gasteiger partial charge in [0.25, 0.3) is 0 Å². The first kappa shape index (κ1) is 11.6. The highest BCUT2D eigenvalue weighted by Gasteiger charge is 2.09. The zero-order valence-electron chi connectivity index (χ0n) is 9.06. The number of morpholine rings is 1. The molecule has 0 aliphatic carbocycles. The molecule has 0 spiro atoms. The van der Waals surface area contributed by atoms with Crippen LogP contribution in [-0.2, 0) is 4.74 Å². The average molecular weight is 243 g/mol. The summed E-state index contributed by atoms with van der Waals surface area (Å²) < 4.78 is 10.9. The van der Waals surface area contributed by atoms with Crippen LogP contribution < -0.4 is 4.74 Å². The van der Waals surface area contributed by atoms with Crippen molar-refractivity contribution in [3.63, 3.8) is 0 Å². The Morgan fingerprint density at radius 1 is 1.44 bits per heavy atom. The maximum atomic E-state index is 5.75. The number of aromatic nitrogens is 1. The first-order valence-electron chi connectivity index (χ1n) is 5.39. The SMILES string of the molecule is Clc1cc(OCCN2CCOCC2)ccn1. The Hall–Kier alpha value is -0.840. The maximum Gasteiger partial charge on any atom is 0.132 e. The number of halogens is 1. The summed E-state index contributed by atoms with van der Waals surface area (Å²) in [5, 5.41) is 0.462. The van der Waals surface area contributed by atoms with Gasteiger partial charge in [0.1, 0.15) is 17.5 Å². The highest BCUT2D eigenvalue weighted by atomic mass is 35.5. The van der Waals surface area contributed by atoms with Gasteiger partial charge >= 0.3 is 0 Å². The summed E-state index contributed by atoms with van der Waals surface area (Å²) >= 11 is 5.75. The van der Waals surface area contributed by atoms with Crippen molar-refractivity contribution in [2.45, 2.75) is 0 Å². The van der Waals surface area contributed by atoms with E-state index in [0.717, 1.165) is 38.6 Å². The maximum absolute atomic E-state index is 5.75. The van der Waals surface area contributed by atoms with E-state index in [1.165, 1.54) is 0 Å². The summed E-state index contributed by atoms with van der Waals surface area (Å²) in [6.45, 7) is 5.20. The van der Waals surface area contributed by atoms with Gasteiger partial charge in [0.05, 0.1) is 13.2 Å². The lowest BCUT2D eigenvalue weighted by atomic mass is 10.4. The zero-order chi connectivity index (χ0) is 11.2. The second kappa shape index (κ2) is 6.03. The molecule has 88 valence electrons. The summed E-state index contributed by atoms with van der Waals surface area (Å²) in [5.41, 5.74) is 0. The van der Waals surface area contributed by atoms with E-state index < -0.39 is 0 Å². The Balaban J connectivity index is 1.71. The fourth-order valence-electron chi connectivity index (χ4n) is 1.59. The molecule has 1 aliphatic heterocycles.